The summed E-state index contributed by atoms with van der Waals surface area (Å²) in [6.45, 7) is 0.332. The van der Waals surface area contributed by atoms with Gasteiger partial charge in [0.15, 0.2) is 11.5 Å². The van der Waals surface area contributed by atoms with Gasteiger partial charge in [0.25, 0.3) is 5.91 Å². The Bertz CT molecular complexity index is 1200. The second kappa shape index (κ2) is 10.9. The minimum absolute atomic E-state index is 0.0899. The number of halogens is 3. The molecule has 0 aliphatic heterocycles. The van der Waals surface area contributed by atoms with Crippen LogP contribution in [0, 0.1) is 11.3 Å². The fourth-order valence-corrected chi connectivity index (χ4v) is 3.15. The van der Waals surface area contributed by atoms with E-state index < -0.39 is 5.91 Å². The lowest BCUT2D eigenvalue weighted by atomic mass is 10.1. The zero-order chi connectivity index (χ0) is 23.1. The maximum atomic E-state index is 12.5. The summed E-state index contributed by atoms with van der Waals surface area (Å²) in [7, 11) is 1.51. The Morgan fingerprint density at radius 2 is 1.75 bits per heavy atom. The summed E-state index contributed by atoms with van der Waals surface area (Å²) in [5, 5.41) is 13.4. The second-order valence-corrected chi connectivity index (χ2v) is 7.83. The summed E-state index contributed by atoms with van der Waals surface area (Å²) in [5.41, 5.74) is 1.88. The van der Waals surface area contributed by atoms with Crippen LogP contribution in [0.2, 0.25) is 15.1 Å². The van der Waals surface area contributed by atoms with Crippen LogP contribution >= 0.6 is 34.8 Å². The molecule has 32 heavy (non-hydrogen) atoms. The molecule has 5 nitrogen and oxygen atoms in total. The summed E-state index contributed by atoms with van der Waals surface area (Å²) in [6, 6.07) is 19.0. The third-order valence-corrected chi connectivity index (χ3v) is 5.34. The van der Waals surface area contributed by atoms with Crippen molar-refractivity contribution in [1.29, 1.82) is 5.26 Å². The summed E-state index contributed by atoms with van der Waals surface area (Å²) in [5.74, 6) is 0.418. The number of ether oxygens (including phenoxy) is 2. The number of carbonyl (C=O) groups excluding carboxylic acids is 1. The van der Waals surface area contributed by atoms with Crippen LogP contribution in [0.1, 0.15) is 11.1 Å². The van der Waals surface area contributed by atoms with E-state index in [0.717, 1.165) is 5.56 Å². The van der Waals surface area contributed by atoms with Gasteiger partial charge in [0, 0.05) is 10.7 Å². The standard InChI is InChI=1S/C24H17Cl3N2O3/c1-31-23-11-16(4-9-22(23)32-14-15-2-5-18(25)6-3-15)10-17(13-28)24(30)29-19-7-8-20(26)21(27)12-19/h2-12H,14H2,1H3,(H,29,30)/b17-10+. The normalized spacial score (nSPS) is 10.9. The van der Waals surface area contributed by atoms with E-state index in [2.05, 4.69) is 5.32 Å². The van der Waals surface area contributed by atoms with Gasteiger partial charge in [-0.1, -0.05) is 53.0 Å². The SMILES string of the molecule is COc1cc(/C=C(\C#N)C(=O)Nc2ccc(Cl)c(Cl)c2)ccc1OCc1ccc(Cl)cc1. The first-order valence-corrected chi connectivity index (χ1v) is 10.5. The number of nitrogens with one attached hydrogen (secondary N) is 1. The number of amides is 1. The van der Waals surface area contributed by atoms with Gasteiger partial charge >= 0.3 is 0 Å². The van der Waals surface area contributed by atoms with Crippen LogP contribution < -0.4 is 14.8 Å². The quantitative estimate of drug-likeness (QED) is 0.294. The lowest BCUT2D eigenvalue weighted by molar-refractivity contribution is -0.112. The van der Waals surface area contributed by atoms with Gasteiger partial charge in [-0.25, -0.2) is 0 Å². The molecule has 0 bridgehead atoms. The van der Waals surface area contributed by atoms with E-state index in [1.165, 1.54) is 19.3 Å². The molecule has 8 heteroatoms. The predicted molar refractivity (Wildman–Crippen MR) is 127 cm³/mol. The molecule has 1 N–H and O–H groups in total. The molecule has 0 aromatic heterocycles. The Balaban J connectivity index is 1.75. The Hall–Kier alpha value is -3.17. The molecule has 0 aliphatic carbocycles. The number of hydrogen-bond acceptors (Lipinski definition) is 4. The number of carbonyl (C=O) groups is 1. The Morgan fingerprint density at radius 1 is 1.00 bits per heavy atom. The third-order valence-electron chi connectivity index (χ3n) is 4.35. The van der Waals surface area contributed by atoms with Crippen LogP contribution in [0.25, 0.3) is 6.08 Å². The first kappa shape index (κ1) is 23.5. The van der Waals surface area contributed by atoms with E-state index in [1.54, 1.807) is 42.5 Å². The molecule has 0 heterocycles. The largest absolute Gasteiger partial charge is 0.493 e. The molecule has 0 unspecified atom stereocenters. The van der Waals surface area contributed by atoms with E-state index >= 15 is 0 Å². The van der Waals surface area contributed by atoms with Gasteiger partial charge in [-0.05, 0) is 59.7 Å². The molecule has 162 valence electrons. The molecular weight excluding hydrogens is 471 g/mol. The smallest absolute Gasteiger partial charge is 0.266 e. The Morgan fingerprint density at radius 3 is 2.41 bits per heavy atom. The van der Waals surface area contributed by atoms with Gasteiger partial charge in [0.05, 0.1) is 17.2 Å². The molecule has 0 aliphatic rings. The van der Waals surface area contributed by atoms with Crippen LogP contribution in [-0.2, 0) is 11.4 Å². The van der Waals surface area contributed by atoms with E-state index in [1.807, 2.05) is 18.2 Å². The van der Waals surface area contributed by atoms with Crippen molar-refractivity contribution in [3.05, 3.63) is 92.4 Å². The Labute approximate surface area is 200 Å². The van der Waals surface area contributed by atoms with Crippen molar-refractivity contribution in [3.63, 3.8) is 0 Å². The molecule has 0 saturated carbocycles. The van der Waals surface area contributed by atoms with Crippen LogP contribution in [0.15, 0.2) is 66.2 Å². The van der Waals surface area contributed by atoms with Gasteiger partial charge in [-0.3, -0.25) is 4.79 Å². The molecule has 0 radical (unpaired) electrons. The van der Waals surface area contributed by atoms with E-state index in [-0.39, 0.29) is 5.57 Å². The molecular formula is C24H17Cl3N2O3. The van der Waals surface area contributed by atoms with Crippen LogP contribution in [0.5, 0.6) is 11.5 Å². The number of anilines is 1. The lowest BCUT2D eigenvalue weighted by Crippen LogP contribution is -2.13. The van der Waals surface area contributed by atoms with Crippen LogP contribution in [0.4, 0.5) is 5.69 Å². The number of methoxy groups -OCH3 is 1. The summed E-state index contributed by atoms with van der Waals surface area (Å²) in [6.07, 6.45) is 1.46. The third kappa shape index (κ3) is 6.18. The maximum Gasteiger partial charge on any atom is 0.266 e. The van der Waals surface area contributed by atoms with Gasteiger partial charge in [0.1, 0.15) is 18.2 Å². The number of rotatable bonds is 7. The number of nitrogens with zero attached hydrogens (tertiary/aromatic N) is 1. The van der Waals surface area contributed by atoms with Gasteiger partial charge in [-0.2, -0.15) is 5.26 Å². The number of benzene rings is 3. The number of nitriles is 1. The summed E-state index contributed by atoms with van der Waals surface area (Å²) in [4.78, 5) is 12.5. The van der Waals surface area contributed by atoms with Crippen molar-refractivity contribution in [2.75, 3.05) is 12.4 Å². The molecule has 1 amide bonds. The minimum atomic E-state index is -0.576. The minimum Gasteiger partial charge on any atom is -0.493 e. The van der Waals surface area contributed by atoms with E-state index in [4.69, 9.17) is 44.3 Å². The lowest BCUT2D eigenvalue weighted by Gasteiger charge is -2.12. The highest BCUT2D eigenvalue weighted by atomic mass is 35.5. The molecule has 0 saturated heterocycles. The van der Waals surface area contributed by atoms with Crippen molar-refractivity contribution in [3.8, 4) is 17.6 Å². The molecule has 0 spiro atoms. The van der Waals surface area contributed by atoms with Gasteiger partial charge in [-0.15, -0.1) is 0 Å². The molecule has 3 aromatic carbocycles. The highest BCUT2D eigenvalue weighted by Crippen LogP contribution is 2.30. The zero-order valence-electron chi connectivity index (χ0n) is 16.9. The van der Waals surface area contributed by atoms with Crippen LogP contribution in [-0.4, -0.2) is 13.0 Å². The summed E-state index contributed by atoms with van der Waals surface area (Å²) >= 11 is 17.7. The molecule has 0 atom stereocenters. The van der Waals surface area contributed by atoms with Crippen molar-refractivity contribution >= 4 is 52.5 Å². The van der Waals surface area contributed by atoms with Crippen molar-refractivity contribution in [1.82, 2.24) is 0 Å². The number of hydrogen-bond donors (Lipinski definition) is 1. The average molecular weight is 488 g/mol. The second-order valence-electron chi connectivity index (χ2n) is 6.58. The van der Waals surface area contributed by atoms with Crippen molar-refractivity contribution < 1.29 is 14.3 Å². The van der Waals surface area contributed by atoms with Gasteiger partial charge in [0.2, 0.25) is 0 Å². The highest BCUT2D eigenvalue weighted by Gasteiger charge is 2.12. The van der Waals surface area contributed by atoms with E-state index in [0.29, 0.717) is 44.4 Å². The van der Waals surface area contributed by atoms with Gasteiger partial charge < -0.3 is 14.8 Å². The zero-order valence-corrected chi connectivity index (χ0v) is 19.1. The van der Waals surface area contributed by atoms with Crippen molar-refractivity contribution in [2.45, 2.75) is 6.61 Å². The van der Waals surface area contributed by atoms with E-state index in [9.17, 15) is 10.1 Å². The fourth-order valence-electron chi connectivity index (χ4n) is 2.72. The monoisotopic (exact) mass is 486 g/mol. The first-order chi connectivity index (χ1) is 15.4. The predicted octanol–water partition coefficient (Wildman–Crippen LogP) is 6.78. The average Bonchev–Trinajstić information content (AvgIpc) is 2.79. The van der Waals surface area contributed by atoms with Crippen molar-refractivity contribution in [2.24, 2.45) is 0 Å². The first-order valence-electron chi connectivity index (χ1n) is 9.33. The topological polar surface area (TPSA) is 71.3 Å². The highest BCUT2D eigenvalue weighted by molar-refractivity contribution is 6.42. The summed E-state index contributed by atoms with van der Waals surface area (Å²) < 4.78 is 11.2. The molecule has 3 rings (SSSR count). The molecule has 3 aromatic rings. The van der Waals surface area contributed by atoms with Crippen LogP contribution in [0.3, 0.4) is 0 Å². The molecule has 0 fully saturated rings. The Kier molecular flexibility index (Phi) is 8.02. The maximum absolute atomic E-state index is 12.5. The fraction of sp³-hybridized carbons (Fsp3) is 0.0833.